The number of hydrogen-bond donors (Lipinski definition) is 3. The maximum absolute atomic E-state index is 12.0. The normalized spacial score (nSPS) is 11.2. The number of carboxylic acid groups (broad SMARTS) is 1. The van der Waals surface area contributed by atoms with E-state index in [1.54, 1.807) is 12.1 Å². The summed E-state index contributed by atoms with van der Waals surface area (Å²) in [6.45, 7) is 0. The summed E-state index contributed by atoms with van der Waals surface area (Å²) in [5.41, 5.74) is 14.8. The summed E-state index contributed by atoms with van der Waals surface area (Å²) < 4.78 is 7.87. The monoisotopic (exact) mass is 489 g/mol. The molecule has 5 N–H and O–H groups in total. The van der Waals surface area contributed by atoms with Gasteiger partial charge in [0, 0.05) is 27.8 Å². The quantitative estimate of drug-likeness (QED) is 0.377. The molecule has 8 nitrogen and oxygen atoms in total. The third-order valence-corrected chi connectivity index (χ3v) is 5.74. The molecule has 0 atom stereocenters. The number of carbonyl (C=O) groups is 1. The van der Waals surface area contributed by atoms with E-state index in [1.807, 2.05) is 23.9 Å². The van der Waals surface area contributed by atoms with Crippen LogP contribution in [0, 0.1) is 3.57 Å². The van der Waals surface area contributed by atoms with Crippen LogP contribution < -0.4 is 16.2 Å². The second-order valence-corrected chi connectivity index (χ2v) is 7.36. The Bertz CT molecular complexity index is 1280. The number of aromatic carboxylic acids is 1. The number of aryl methyl sites for hydroxylation is 1. The van der Waals surface area contributed by atoms with E-state index in [1.165, 1.54) is 13.2 Å². The van der Waals surface area contributed by atoms with Crippen LogP contribution in [0.3, 0.4) is 0 Å². The fraction of sp³-hybridized carbons (Fsp3) is 0.105. The summed E-state index contributed by atoms with van der Waals surface area (Å²) in [5.74, 6) is -0.224. The molecule has 0 aliphatic heterocycles. The van der Waals surface area contributed by atoms with Crippen molar-refractivity contribution < 1.29 is 14.6 Å². The molecule has 0 fully saturated rings. The van der Waals surface area contributed by atoms with Crippen molar-refractivity contribution in [1.29, 1.82) is 0 Å². The van der Waals surface area contributed by atoms with Gasteiger partial charge in [-0.1, -0.05) is 0 Å². The number of nitrogens with two attached hydrogens (primary N) is 2. The van der Waals surface area contributed by atoms with Crippen molar-refractivity contribution in [2.75, 3.05) is 18.6 Å². The Morgan fingerprint density at radius 2 is 2.00 bits per heavy atom. The first-order valence-corrected chi connectivity index (χ1v) is 9.32. The summed E-state index contributed by atoms with van der Waals surface area (Å²) in [5, 5.41) is 11.3. The molecule has 0 bridgehead atoms. The molecule has 2 aromatic carbocycles. The Labute approximate surface area is 173 Å². The molecule has 0 spiro atoms. The molecule has 0 unspecified atom stereocenters. The van der Waals surface area contributed by atoms with E-state index in [0.717, 1.165) is 20.0 Å². The fourth-order valence-electron chi connectivity index (χ4n) is 3.48. The second-order valence-electron chi connectivity index (χ2n) is 6.29. The number of nitrogens with zero attached hydrogens (tertiary/aromatic N) is 3. The van der Waals surface area contributed by atoms with E-state index in [4.69, 9.17) is 16.2 Å². The molecule has 4 aromatic rings. The number of rotatable bonds is 3. The lowest BCUT2D eigenvalue weighted by Crippen LogP contribution is -2.06. The lowest BCUT2D eigenvalue weighted by molar-refractivity contribution is 0.0697. The standard InChI is InChI=1S/C19H16IN5O3/c1-25-6-5-10-13-15(23-19(22)24-17(13)21)14(20)12(16(10)25)9-4-3-8(28-2)7-11(9)18(26)27/h3-7H,1-2H3,(H,26,27)(H4,21,22,23,24). The number of nitrogen functional groups attached to an aromatic ring is 2. The van der Waals surface area contributed by atoms with Crippen LogP contribution >= 0.6 is 22.6 Å². The van der Waals surface area contributed by atoms with E-state index < -0.39 is 5.97 Å². The first kappa shape index (κ1) is 18.3. The number of aromatic nitrogens is 3. The average molecular weight is 489 g/mol. The van der Waals surface area contributed by atoms with Crippen LogP contribution in [0.15, 0.2) is 30.5 Å². The van der Waals surface area contributed by atoms with E-state index in [-0.39, 0.29) is 17.3 Å². The van der Waals surface area contributed by atoms with Crippen molar-refractivity contribution in [3.05, 3.63) is 39.6 Å². The zero-order chi connectivity index (χ0) is 20.2. The third kappa shape index (κ3) is 2.61. The Kier molecular flexibility index (Phi) is 4.26. The van der Waals surface area contributed by atoms with E-state index in [9.17, 15) is 9.90 Å². The van der Waals surface area contributed by atoms with Gasteiger partial charge >= 0.3 is 5.97 Å². The maximum Gasteiger partial charge on any atom is 0.336 e. The van der Waals surface area contributed by atoms with Crippen molar-refractivity contribution in [2.24, 2.45) is 7.05 Å². The molecule has 4 rings (SSSR count). The van der Waals surface area contributed by atoms with Gasteiger partial charge in [0.1, 0.15) is 11.6 Å². The molecule has 0 aliphatic rings. The predicted molar refractivity (Wildman–Crippen MR) is 117 cm³/mol. The SMILES string of the molecule is COc1ccc(-c2c(I)c3nc(N)nc(N)c3c3ccn(C)c23)c(C(=O)O)c1. The van der Waals surface area contributed by atoms with E-state index >= 15 is 0 Å². The molecular weight excluding hydrogens is 473 g/mol. The van der Waals surface area contributed by atoms with Crippen molar-refractivity contribution >= 4 is 62.1 Å². The molecule has 142 valence electrons. The highest BCUT2D eigenvalue weighted by atomic mass is 127. The van der Waals surface area contributed by atoms with Crippen LogP contribution in [0.5, 0.6) is 5.75 Å². The minimum atomic E-state index is -1.05. The molecule has 0 saturated carbocycles. The molecule has 2 aromatic heterocycles. The van der Waals surface area contributed by atoms with Crippen LogP contribution in [0.4, 0.5) is 11.8 Å². The van der Waals surface area contributed by atoms with Crippen molar-refractivity contribution in [1.82, 2.24) is 14.5 Å². The summed E-state index contributed by atoms with van der Waals surface area (Å²) in [7, 11) is 3.39. The molecule has 28 heavy (non-hydrogen) atoms. The van der Waals surface area contributed by atoms with Crippen LogP contribution in [0.1, 0.15) is 10.4 Å². The van der Waals surface area contributed by atoms with Crippen LogP contribution in [-0.4, -0.2) is 32.7 Å². The summed E-state index contributed by atoms with van der Waals surface area (Å²) in [4.78, 5) is 20.5. The Hall–Kier alpha value is -3.08. The number of carboxylic acids is 1. The van der Waals surface area contributed by atoms with Crippen molar-refractivity contribution in [3.63, 3.8) is 0 Å². The number of fused-ring (bicyclic) bond motifs is 3. The smallest absolute Gasteiger partial charge is 0.336 e. The van der Waals surface area contributed by atoms with Crippen molar-refractivity contribution in [2.45, 2.75) is 0 Å². The number of benzene rings is 2. The number of methoxy groups -OCH3 is 1. The van der Waals surface area contributed by atoms with Gasteiger partial charge in [0.2, 0.25) is 5.95 Å². The highest BCUT2D eigenvalue weighted by Gasteiger charge is 2.23. The van der Waals surface area contributed by atoms with Gasteiger partial charge < -0.3 is 25.9 Å². The maximum atomic E-state index is 12.0. The van der Waals surface area contributed by atoms with Gasteiger partial charge in [-0.25, -0.2) is 9.78 Å². The second kappa shape index (κ2) is 6.51. The van der Waals surface area contributed by atoms with Gasteiger partial charge in [-0.2, -0.15) is 4.98 Å². The minimum Gasteiger partial charge on any atom is -0.497 e. The number of anilines is 2. The van der Waals surface area contributed by atoms with Gasteiger partial charge in [0.05, 0.1) is 29.1 Å². The van der Waals surface area contributed by atoms with E-state index in [2.05, 4.69) is 32.6 Å². The summed E-state index contributed by atoms with van der Waals surface area (Å²) >= 11 is 2.16. The molecule has 2 heterocycles. The van der Waals surface area contributed by atoms with Gasteiger partial charge in [0.15, 0.2) is 0 Å². The van der Waals surface area contributed by atoms with Crippen molar-refractivity contribution in [3.8, 4) is 16.9 Å². The summed E-state index contributed by atoms with van der Waals surface area (Å²) in [6.07, 6.45) is 1.89. The van der Waals surface area contributed by atoms with Crippen LogP contribution in [0.25, 0.3) is 32.9 Å². The topological polar surface area (TPSA) is 129 Å². The molecular formula is C19H16IN5O3. The highest BCUT2D eigenvalue weighted by molar-refractivity contribution is 14.1. The zero-order valence-electron chi connectivity index (χ0n) is 15.0. The highest BCUT2D eigenvalue weighted by Crippen LogP contribution is 2.42. The molecule has 0 radical (unpaired) electrons. The number of halogens is 1. The molecule has 0 saturated heterocycles. The third-order valence-electron chi connectivity index (χ3n) is 4.69. The van der Waals surface area contributed by atoms with Gasteiger partial charge in [-0.3, -0.25) is 0 Å². The predicted octanol–water partition coefficient (Wildman–Crippen LogP) is 3.26. The molecule has 9 heteroatoms. The Morgan fingerprint density at radius 3 is 2.68 bits per heavy atom. The Morgan fingerprint density at radius 1 is 1.25 bits per heavy atom. The lowest BCUT2D eigenvalue weighted by atomic mass is 9.95. The minimum absolute atomic E-state index is 0.0670. The first-order valence-electron chi connectivity index (χ1n) is 8.24. The summed E-state index contributed by atoms with van der Waals surface area (Å²) in [6, 6.07) is 6.90. The average Bonchev–Trinajstić information content (AvgIpc) is 3.03. The first-order chi connectivity index (χ1) is 13.3. The van der Waals surface area contributed by atoms with Gasteiger partial charge in [0.25, 0.3) is 0 Å². The molecule has 0 aliphatic carbocycles. The van der Waals surface area contributed by atoms with Crippen LogP contribution in [-0.2, 0) is 7.05 Å². The lowest BCUT2D eigenvalue weighted by Gasteiger charge is -2.16. The number of hydrogen-bond acceptors (Lipinski definition) is 6. The van der Waals surface area contributed by atoms with E-state index in [0.29, 0.717) is 22.2 Å². The largest absolute Gasteiger partial charge is 0.497 e. The zero-order valence-corrected chi connectivity index (χ0v) is 17.2. The molecule has 0 amide bonds. The van der Waals surface area contributed by atoms with Gasteiger partial charge in [-0.05, 0) is 52.4 Å². The van der Waals surface area contributed by atoms with Gasteiger partial charge in [-0.15, -0.1) is 0 Å². The number of ether oxygens (including phenoxy) is 1. The Balaban J connectivity index is 2.23. The van der Waals surface area contributed by atoms with Crippen LogP contribution in [0.2, 0.25) is 0 Å². The fourth-order valence-corrected chi connectivity index (χ4v) is 4.41.